The molecule has 0 saturated carbocycles. The molecular formula is C45H44F3N7O6S. The Labute approximate surface area is 355 Å². The number of carbonyl (C=O) groups is 4. The van der Waals surface area contributed by atoms with Crippen LogP contribution >= 0.6 is 0 Å². The molecule has 3 fully saturated rings. The second-order valence-corrected chi connectivity index (χ2v) is 18.2. The number of benzene rings is 3. The van der Waals surface area contributed by atoms with E-state index in [0.717, 1.165) is 78.4 Å². The van der Waals surface area contributed by atoms with Crippen molar-refractivity contribution in [2.45, 2.75) is 69.6 Å². The molecule has 2 atom stereocenters. The van der Waals surface area contributed by atoms with Crippen molar-refractivity contribution >= 4 is 50.4 Å². The predicted octanol–water partition coefficient (Wildman–Crippen LogP) is 6.01. The van der Waals surface area contributed by atoms with Crippen LogP contribution in [0.5, 0.6) is 0 Å². The maximum atomic E-state index is 15.7. The van der Waals surface area contributed by atoms with Crippen LogP contribution in [-0.4, -0.2) is 101 Å². The van der Waals surface area contributed by atoms with Crippen LogP contribution in [0.2, 0.25) is 0 Å². The summed E-state index contributed by atoms with van der Waals surface area (Å²) < 4.78 is 72.9. The van der Waals surface area contributed by atoms with Crippen molar-refractivity contribution in [2.75, 3.05) is 37.4 Å². The molecule has 4 aliphatic rings. The Bertz CT molecular complexity index is 2720. The van der Waals surface area contributed by atoms with Gasteiger partial charge in [-0.3, -0.25) is 29.2 Å². The molecule has 2 aromatic heterocycles. The number of ketones is 1. The number of likely N-dealkylation sites (tertiary alicyclic amines) is 1. The van der Waals surface area contributed by atoms with Gasteiger partial charge >= 0.3 is 10.2 Å². The number of carbonyl (C=O) groups excluding carboxylic acids is 4. The van der Waals surface area contributed by atoms with Crippen molar-refractivity contribution in [3.8, 4) is 11.1 Å². The first-order chi connectivity index (χ1) is 29.8. The van der Waals surface area contributed by atoms with Crippen LogP contribution in [0.4, 0.5) is 18.9 Å². The van der Waals surface area contributed by atoms with Crippen LogP contribution in [0.15, 0.2) is 73.1 Å². The highest BCUT2D eigenvalue weighted by Crippen LogP contribution is 2.35. The molecule has 3 N–H and O–H groups in total. The number of nitrogens with one attached hydrogen (secondary N) is 3. The van der Waals surface area contributed by atoms with Crippen molar-refractivity contribution in [3.63, 3.8) is 0 Å². The second kappa shape index (κ2) is 16.8. The molecular weight excluding hydrogens is 824 g/mol. The molecule has 13 nitrogen and oxygen atoms in total. The van der Waals surface area contributed by atoms with Crippen molar-refractivity contribution in [1.29, 1.82) is 0 Å². The van der Waals surface area contributed by atoms with Crippen LogP contribution in [-0.2, 0) is 32.8 Å². The second-order valence-electron chi connectivity index (χ2n) is 16.5. The number of imide groups is 1. The highest BCUT2D eigenvalue weighted by atomic mass is 32.2. The first-order valence-electron chi connectivity index (χ1n) is 20.8. The van der Waals surface area contributed by atoms with E-state index in [-0.39, 0.29) is 43.3 Å². The van der Waals surface area contributed by atoms with Crippen LogP contribution in [0.3, 0.4) is 0 Å². The lowest BCUT2D eigenvalue weighted by Gasteiger charge is -2.32. The van der Waals surface area contributed by atoms with Crippen molar-refractivity contribution < 1.29 is 40.8 Å². The Balaban J connectivity index is 0.791. The van der Waals surface area contributed by atoms with Gasteiger partial charge in [0.1, 0.15) is 23.7 Å². The van der Waals surface area contributed by atoms with Gasteiger partial charge in [0.15, 0.2) is 5.82 Å². The number of hydrogen-bond acceptors (Lipinski definition) is 8. The maximum absolute atomic E-state index is 15.7. The quantitative estimate of drug-likeness (QED) is 0.101. The molecule has 0 spiro atoms. The topological polar surface area (TPSA) is 165 Å². The van der Waals surface area contributed by atoms with E-state index >= 15 is 8.78 Å². The van der Waals surface area contributed by atoms with Gasteiger partial charge in [0.05, 0.1) is 11.3 Å². The van der Waals surface area contributed by atoms with Crippen LogP contribution < -0.4 is 10.0 Å². The smallest absolute Gasteiger partial charge is 0.301 e. The Morgan fingerprint density at radius 1 is 0.919 bits per heavy atom. The van der Waals surface area contributed by atoms with E-state index in [1.165, 1.54) is 11.8 Å². The van der Waals surface area contributed by atoms with E-state index in [0.29, 0.717) is 41.0 Å². The van der Waals surface area contributed by atoms with Gasteiger partial charge in [-0.15, -0.1) is 0 Å². The minimum atomic E-state index is -4.35. The summed E-state index contributed by atoms with van der Waals surface area (Å²) in [5, 5.41) is 2.69. The van der Waals surface area contributed by atoms with Gasteiger partial charge in [-0.05, 0) is 111 Å². The van der Waals surface area contributed by atoms with Gasteiger partial charge in [0, 0.05) is 60.5 Å². The normalized spacial score (nSPS) is 20.2. The molecule has 322 valence electrons. The van der Waals surface area contributed by atoms with E-state index in [1.54, 1.807) is 17.2 Å². The minimum Gasteiger partial charge on any atom is -0.345 e. The largest absolute Gasteiger partial charge is 0.345 e. The van der Waals surface area contributed by atoms with E-state index in [4.69, 9.17) is 0 Å². The van der Waals surface area contributed by atoms with Crippen molar-refractivity contribution in [3.05, 3.63) is 118 Å². The molecule has 0 aliphatic carbocycles. The number of H-pyrrole nitrogens is 1. The molecule has 1 unspecified atom stereocenters. The number of pyridine rings is 1. The molecule has 5 aromatic rings. The molecule has 3 amide bonds. The number of aryl methyl sites for hydroxylation is 1. The predicted molar refractivity (Wildman–Crippen MR) is 224 cm³/mol. The number of alkyl halides is 1. The average molecular weight is 868 g/mol. The zero-order valence-corrected chi connectivity index (χ0v) is 34.4. The maximum Gasteiger partial charge on any atom is 0.301 e. The molecule has 6 heterocycles. The molecule has 4 aliphatic heterocycles. The zero-order chi connectivity index (χ0) is 43.3. The summed E-state index contributed by atoms with van der Waals surface area (Å²) in [7, 11) is -4.35. The summed E-state index contributed by atoms with van der Waals surface area (Å²) in [5.74, 6) is -4.04. The van der Waals surface area contributed by atoms with Gasteiger partial charge < -0.3 is 14.8 Å². The number of aromatic amines is 1. The van der Waals surface area contributed by atoms with E-state index < -0.39 is 57.0 Å². The highest BCUT2D eigenvalue weighted by Gasteiger charge is 2.39. The number of amides is 3. The van der Waals surface area contributed by atoms with Gasteiger partial charge in [0.2, 0.25) is 17.6 Å². The number of anilines is 1. The monoisotopic (exact) mass is 867 g/mol. The van der Waals surface area contributed by atoms with E-state index in [2.05, 4.69) is 26.3 Å². The third kappa shape index (κ3) is 8.11. The summed E-state index contributed by atoms with van der Waals surface area (Å²) in [6, 6.07) is 16.8. The Hall–Kier alpha value is -5.91. The van der Waals surface area contributed by atoms with Gasteiger partial charge in [-0.1, -0.05) is 36.4 Å². The first kappa shape index (κ1) is 41.4. The van der Waals surface area contributed by atoms with Gasteiger partial charge in [-0.25, -0.2) is 18.2 Å². The number of aromatic nitrogens is 2. The Morgan fingerprint density at radius 2 is 1.71 bits per heavy atom. The van der Waals surface area contributed by atoms with Crippen LogP contribution in [0.25, 0.3) is 22.2 Å². The van der Waals surface area contributed by atoms with E-state index in [9.17, 15) is 32.0 Å². The molecule has 9 rings (SSSR count). The van der Waals surface area contributed by atoms with Gasteiger partial charge in [0.25, 0.3) is 5.91 Å². The SMILES string of the molecule is O=C1CCC(N2Cc3cc(C4CCN(CCCc5ccc(-c6cnc7[nH]cc(C(=O)c8c(F)ccc(NS(=O)(=O)N9CC[C@@H](F)C9)c8F)c7c6)cc5)CC4)ccc3C2=O)C(=O)N1. The number of piperidine rings is 2. The number of nitrogens with zero attached hydrogens (tertiary/aromatic N) is 4. The van der Waals surface area contributed by atoms with E-state index in [1.807, 2.05) is 41.1 Å². The summed E-state index contributed by atoms with van der Waals surface area (Å²) in [6.45, 7) is 2.77. The molecule has 3 saturated heterocycles. The lowest BCUT2D eigenvalue weighted by atomic mass is 9.88. The fourth-order valence-electron chi connectivity index (χ4n) is 9.14. The summed E-state index contributed by atoms with van der Waals surface area (Å²) >= 11 is 0. The molecule has 3 aromatic carbocycles. The lowest BCUT2D eigenvalue weighted by Crippen LogP contribution is -2.52. The van der Waals surface area contributed by atoms with Crippen LogP contribution in [0, 0.1) is 11.6 Å². The standard InChI is InChI=1S/C45H44F3N7O6S/c46-32-15-19-54(25-32)62(60,61)52-37-10-9-36(47)40(41(37)48)42(57)35-23-50-43-34(35)21-30(22-49-43)27-5-3-26(4-6-27)2-1-16-53-17-13-28(14-18-53)29-7-8-33-31(20-29)24-55(45(33)59)38-11-12-39(56)51-44(38)58/h3-10,20-23,28,32,38,52H,1-2,11-19,24-25H2,(H,49,50)(H,51,56,58)/t32-,38?/m1/s1. The fourth-order valence-corrected chi connectivity index (χ4v) is 10.4. The molecule has 17 heteroatoms. The molecule has 62 heavy (non-hydrogen) atoms. The minimum absolute atomic E-state index is 0.00321. The average Bonchev–Trinajstić information content (AvgIpc) is 3.99. The summed E-state index contributed by atoms with van der Waals surface area (Å²) in [5.41, 5.74) is 4.16. The third-order valence-corrected chi connectivity index (χ3v) is 14.1. The van der Waals surface area contributed by atoms with Crippen LogP contribution in [0.1, 0.15) is 87.4 Å². The number of fused-ring (bicyclic) bond motifs is 2. The first-order valence-corrected chi connectivity index (χ1v) is 22.3. The van der Waals surface area contributed by atoms with Crippen molar-refractivity contribution in [2.24, 2.45) is 0 Å². The molecule has 0 radical (unpaired) electrons. The fraction of sp³-hybridized carbons (Fsp3) is 0.356. The lowest BCUT2D eigenvalue weighted by molar-refractivity contribution is -0.136. The molecule has 0 bridgehead atoms. The number of hydrogen-bond donors (Lipinski definition) is 3. The summed E-state index contributed by atoms with van der Waals surface area (Å²) in [4.78, 5) is 62.3. The third-order valence-electron chi connectivity index (χ3n) is 12.6. The van der Waals surface area contributed by atoms with Crippen molar-refractivity contribution in [1.82, 2.24) is 29.4 Å². The number of rotatable bonds is 12. The Morgan fingerprint density at radius 3 is 2.45 bits per heavy atom. The zero-order valence-electron chi connectivity index (χ0n) is 33.6. The summed E-state index contributed by atoms with van der Waals surface area (Å²) in [6.07, 6.45) is 6.02. The highest BCUT2D eigenvalue weighted by molar-refractivity contribution is 7.90. The van der Waals surface area contributed by atoms with Gasteiger partial charge in [-0.2, -0.15) is 12.7 Å². The Kier molecular flexibility index (Phi) is 11.2. The number of halogens is 3.